The molecule has 0 saturated carbocycles. The molecule has 0 amide bonds. The van der Waals surface area contributed by atoms with Crippen LogP contribution < -0.4 is 0 Å². The van der Waals surface area contributed by atoms with Crippen LogP contribution in [-0.4, -0.2) is 16.1 Å². The SMILES string of the molecule is CCc1cc2c(cc1Cl)C(=O)/C(=C\C(C)=C\c1c(C)cc(/C=C/c3ccccc3)n1C)C2=O. The van der Waals surface area contributed by atoms with Crippen LogP contribution in [0, 0.1) is 6.92 Å². The number of carbonyl (C=O) groups excluding carboxylic acids is 2. The van der Waals surface area contributed by atoms with Crippen molar-refractivity contribution in [2.75, 3.05) is 0 Å². The number of nitrogens with zero attached hydrogens (tertiary/aromatic N) is 1. The van der Waals surface area contributed by atoms with Crippen molar-refractivity contribution in [3.8, 4) is 0 Å². The van der Waals surface area contributed by atoms with Crippen molar-refractivity contribution in [1.82, 2.24) is 4.57 Å². The second-order valence-corrected chi connectivity index (χ2v) is 8.80. The number of rotatable bonds is 5. The first-order chi connectivity index (χ1) is 15.8. The number of benzene rings is 2. The van der Waals surface area contributed by atoms with Gasteiger partial charge in [0.25, 0.3) is 0 Å². The lowest BCUT2D eigenvalue weighted by atomic mass is 10.0. The molecule has 0 spiro atoms. The van der Waals surface area contributed by atoms with Crippen LogP contribution in [0.5, 0.6) is 0 Å². The minimum Gasteiger partial charge on any atom is -0.344 e. The first kappa shape index (κ1) is 22.8. The second-order valence-electron chi connectivity index (χ2n) is 8.39. The molecule has 4 heteroatoms. The Morgan fingerprint density at radius 2 is 1.67 bits per heavy atom. The summed E-state index contributed by atoms with van der Waals surface area (Å²) >= 11 is 6.28. The average Bonchev–Trinajstić information content (AvgIpc) is 3.20. The molecule has 1 aromatic heterocycles. The van der Waals surface area contributed by atoms with Gasteiger partial charge in [-0.2, -0.15) is 0 Å². The predicted octanol–water partition coefficient (Wildman–Crippen LogP) is 7.13. The highest BCUT2D eigenvalue weighted by Crippen LogP contribution is 2.32. The Balaban J connectivity index is 1.64. The minimum atomic E-state index is -0.262. The molecule has 0 radical (unpaired) electrons. The first-order valence-electron chi connectivity index (χ1n) is 11.0. The molecule has 1 heterocycles. The maximum atomic E-state index is 13.0. The molecule has 0 atom stereocenters. The fourth-order valence-corrected chi connectivity index (χ4v) is 4.48. The van der Waals surface area contributed by atoms with Gasteiger partial charge in [-0.3, -0.25) is 9.59 Å². The zero-order valence-corrected chi connectivity index (χ0v) is 20.0. The molecule has 33 heavy (non-hydrogen) atoms. The van der Waals surface area contributed by atoms with E-state index in [9.17, 15) is 9.59 Å². The van der Waals surface area contributed by atoms with E-state index in [0.29, 0.717) is 22.6 Å². The van der Waals surface area contributed by atoms with E-state index >= 15 is 0 Å². The number of fused-ring (bicyclic) bond motifs is 1. The number of ketones is 2. The number of hydrogen-bond donors (Lipinski definition) is 0. The Kier molecular flexibility index (Phi) is 6.35. The highest BCUT2D eigenvalue weighted by Gasteiger charge is 2.33. The van der Waals surface area contributed by atoms with E-state index in [-0.39, 0.29) is 17.1 Å². The fourth-order valence-electron chi connectivity index (χ4n) is 4.19. The second kappa shape index (κ2) is 9.21. The highest BCUT2D eigenvalue weighted by molar-refractivity contribution is 6.41. The van der Waals surface area contributed by atoms with Crippen molar-refractivity contribution in [2.24, 2.45) is 7.05 Å². The summed E-state index contributed by atoms with van der Waals surface area (Å²) in [5.74, 6) is -0.494. The van der Waals surface area contributed by atoms with Crippen molar-refractivity contribution in [3.05, 3.63) is 110 Å². The van der Waals surface area contributed by atoms with Crippen molar-refractivity contribution in [3.63, 3.8) is 0 Å². The van der Waals surface area contributed by atoms with Crippen LogP contribution in [0.15, 0.2) is 65.8 Å². The van der Waals surface area contributed by atoms with Crippen molar-refractivity contribution in [2.45, 2.75) is 27.2 Å². The number of allylic oxidation sites excluding steroid dienone is 3. The number of Topliss-reactive ketones (excluding diaryl/α,β-unsaturated/α-hetero) is 2. The van der Waals surface area contributed by atoms with Crippen LogP contribution in [0.25, 0.3) is 18.2 Å². The third kappa shape index (κ3) is 4.42. The molecular weight excluding hydrogens is 430 g/mol. The summed E-state index contributed by atoms with van der Waals surface area (Å²) in [6.45, 7) is 5.94. The Morgan fingerprint density at radius 1 is 1.00 bits per heavy atom. The van der Waals surface area contributed by atoms with Crippen LogP contribution in [-0.2, 0) is 13.5 Å². The average molecular weight is 456 g/mol. The molecule has 0 N–H and O–H groups in total. The molecule has 0 unspecified atom stereocenters. The van der Waals surface area contributed by atoms with Crippen molar-refractivity contribution < 1.29 is 9.59 Å². The summed E-state index contributed by atoms with van der Waals surface area (Å²) in [7, 11) is 2.01. The van der Waals surface area contributed by atoms with Gasteiger partial charge in [0.05, 0.1) is 5.57 Å². The maximum Gasteiger partial charge on any atom is 0.197 e. The van der Waals surface area contributed by atoms with Gasteiger partial charge in [0.15, 0.2) is 11.6 Å². The molecule has 2 aromatic carbocycles. The Labute approximate surface area is 199 Å². The molecule has 0 saturated heterocycles. The van der Waals surface area contributed by atoms with Gasteiger partial charge in [0.1, 0.15) is 0 Å². The molecular formula is C29H26ClNO2. The summed E-state index contributed by atoms with van der Waals surface area (Å²) in [6, 6.07) is 15.7. The summed E-state index contributed by atoms with van der Waals surface area (Å²) in [5.41, 5.74) is 7.11. The molecule has 0 aliphatic heterocycles. The van der Waals surface area contributed by atoms with Gasteiger partial charge in [-0.05, 0) is 79.0 Å². The van der Waals surface area contributed by atoms with Gasteiger partial charge in [-0.25, -0.2) is 0 Å². The number of carbonyl (C=O) groups is 2. The van der Waals surface area contributed by atoms with E-state index in [2.05, 4.69) is 41.8 Å². The van der Waals surface area contributed by atoms with E-state index in [1.54, 1.807) is 18.2 Å². The Bertz CT molecular complexity index is 1350. The smallest absolute Gasteiger partial charge is 0.197 e. The zero-order valence-electron chi connectivity index (χ0n) is 19.3. The van der Waals surface area contributed by atoms with E-state index in [1.165, 1.54) is 0 Å². The summed E-state index contributed by atoms with van der Waals surface area (Å²) in [4.78, 5) is 25.9. The third-order valence-corrected chi connectivity index (χ3v) is 6.40. The Morgan fingerprint density at radius 3 is 2.33 bits per heavy atom. The van der Waals surface area contributed by atoms with Crippen LogP contribution in [0.1, 0.15) is 62.6 Å². The molecule has 1 aliphatic carbocycles. The van der Waals surface area contributed by atoms with E-state index in [4.69, 9.17) is 11.6 Å². The molecule has 1 aliphatic rings. The summed E-state index contributed by atoms with van der Waals surface area (Å²) < 4.78 is 2.11. The minimum absolute atomic E-state index is 0.194. The van der Waals surface area contributed by atoms with Crippen LogP contribution in [0.4, 0.5) is 0 Å². The topological polar surface area (TPSA) is 39.1 Å². The van der Waals surface area contributed by atoms with Crippen LogP contribution >= 0.6 is 11.6 Å². The van der Waals surface area contributed by atoms with Gasteiger partial charge in [-0.15, -0.1) is 0 Å². The molecule has 0 bridgehead atoms. The largest absolute Gasteiger partial charge is 0.344 e. The first-order valence-corrected chi connectivity index (χ1v) is 11.4. The molecule has 4 rings (SSSR count). The van der Waals surface area contributed by atoms with E-state index in [1.807, 2.05) is 45.2 Å². The summed E-state index contributed by atoms with van der Waals surface area (Å²) in [6.07, 6.45) is 8.58. The normalized spacial score (nSPS) is 15.2. The lowest BCUT2D eigenvalue weighted by molar-refractivity contribution is 0.0988. The molecule has 3 aromatic rings. The Hall–Kier alpha value is -3.43. The van der Waals surface area contributed by atoms with Gasteiger partial charge >= 0.3 is 0 Å². The van der Waals surface area contributed by atoms with E-state index < -0.39 is 0 Å². The van der Waals surface area contributed by atoms with Crippen molar-refractivity contribution >= 4 is 41.4 Å². The number of aromatic nitrogens is 1. The predicted molar refractivity (Wildman–Crippen MR) is 137 cm³/mol. The van der Waals surface area contributed by atoms with Gasteiger partial charge in [-0.1, -0.05) is 54.9 Å². The van der Waals surface area contributed by atoms with E-state index in [0.717, 1.165) is 33.7 Å². The zero-order chi connectivity index (χ0) is 23.7. The fraction of sp³-hybridized carbons (Fsp3) is 0.172. The monoisotopic (exact) mass is 455 g/mol. The van der Waals surface area contributed by atoms with Crippen LogP contribution in [0.3, 0.4) is 0 Å². The molecule has 0 fully saturated rings. The van der Waals surface area contributed by atoms with Crippen molar-refractivity contribution in [1.29, 1.82) is 0 Å². The lowest BCUT2D eigenvalue weighted by Gasteiger charge is -2.04. The van der Waals surface area contributed by atoms with Gasteiger partial charge in [0.2, 0.25) is 0 Å². The van der Waals surface area contributed by atoms with Gasteiger partial charge in [0, 0.05) is 34.6 Å². The molecule has 3 nitrogen and oxygen atoms in total. The number of hydrogen-bond acceptors (Lipinski definition) is 2. The lowest BCUT2D eigenvalue weighted by Crippen LogP contribution is -2.01. The van der Waals surface area contributed by atoms with Crippen LogP contribution in [0.2, 0.25) is 5.02 Å². The maximum absolute atomic E-state index is 13.0. The van der Waals surface area contributed by atoms with Gasteiger partial charge < -0.3 is 4.57 Å². The quantitative estimate of drug-likeness (QED) is 0.303. The number of halogens is 1. The summed E-state index contributed by atoms with van der Waals surface area (Å²) in [5, 5.41) is 0.529. The molecule has 166 valence electrons. The standard InChI is InChI=1S/C29H26ClNO2/c1-5-21-16-23-24(17-26(21)30)29(33)25(28(23)32)13-18(2)14-27-19(3)15-22(31(27)4)12-11-20-9-7-6-8-10-20/h6-17H,5H2,1-4H3/b12-11+,18-14+,25-13-. The highest BCUT2D eigenvalue weighted by atomic mass is 35.5. The third-order valence-electron chi connectivity index (χ3n) is 6.05. The number of aryl methyl sites for hydroxylation is 2.